The van der Waals surface area contributed by atoms with Gasteiger partial charge in [0.1, 0.15) is 0 Å². The second-order valence-electron chi connectivity index (χ2n) is 4.28. The molecule has 0 nitrogen and oxygen atoms in total. The highest BCUT2D eigenvalue weighted by atomic mass is 14.0. The molecule has 0 amide bonds. The largest absolute Gasteiger partial charge is 0.0976 e. The zero-order valence-electron chi connectivity index (χ0n) is 9.52. The summed E-state index contributed by atoms with van der Waals surface area (Å²) < 4.78 is 0. The summed E-state index contributed by atoms with van der Waals surface area (Å²) in [4.78, 5) is 0. The molecule has 0 radical (unpaired) electrons. The summed E-state index contributed by atoms with van der Waals surface area (Å²) >= 11 is 0. The van der Waals surface area contributed by atoms with Crippen molar-refractivity contribution in [2.24, 2.45) is 5.92 Å². The van der Waals surface area contributed by atoms with Crippen molar-refractivity contribution in [2.75, 3.05) is 0 Å². The fourth-order valence-electron chi connectivity index (χ4n) is 1.40. The first kappa shape index (κ1) is 10.9. The van der Waals surface area contributed by atoms with Crippen LogP contribution in [0.3, 0.4) is 0 Å². The zero-order chi connectivity index (χ0) is 10.6. The minimum absolute atomic E-state index is 0.661. The summed E-state index contributed by atoms with van der Waals surface area (Å²) in [5, 5.41) is 0. The van der Waals surface area contributed by atoms with Crippen molar-refractivity contribution in [2.45, 2.75) is 34.1 Å². The predicted octanol–water partition coefficient (Wildman–Crippen LogP) is 3.70. The van der Waals surface area contributed by atoms with Crippen molar-refractivity contribution < 1.29 is 0 Å². The van der Waals surface area contributed by atoms with Crippen molar-refractivity contribution >= 4 is 0 Å². The molecule has 1 aromatic carbocycles. The molecule has 0 fully saturated rings. The molecule has 0 N–H and O–H groups in total. The summed E-state index contributed by atoms with van der Waals surface area (Å²) in [6.07, 6.45) is 0.979. The molecule has 1 rings (SSSR count). The van der Waals surface area contributed by atoms with Crippen LogP contribution in [0.2, 0.25) is 0 Å². The van der Waals surface area contributed by atoms with Gasteiger partial charge in [0, 0.05) is 12.0 Å². The molecular formula is C14H18. The van der Waals surface area contributed by atoms with E-state index < -0.39 is 0 Å². The minimum atomic E-state index is 0.661. The predicted molar refractivity (Wildman–Crippen MR) is 62.2 cm³/mol. The van der Waals surface area contributed by atoms with E-state index in [1.165, 1.54) is 11.1 Å². The van der Waals surface area contributed by atoms with E-state index in [9.17, 15) is 0 Å². The first-order valence-corrected chi connectivity index (χ1v) is 5.15. The van der Waals surface area contributed by atoms with E-state index in [4.69, 9.17) is 0 Å². The van der Waals surface area contributed by atoms with Gasteiger partial charge >= 0.3 is 0 Å². The molecule has 0 heteroatoms. The van der Waals surface area contributed by atoms with Gasteiger partial charge in [-0.25, -0.2) is 0 Å². The zero-order valence-corrected chi connectivity index (χ0v) is 9.52. The van der Waals surface area contributed by atoms with Crippen LogP contribution < -0.4 is 0 Å². The third-order valence-electron chi connectivity index (χ3n) is 1.96. The molecular weight excluding hydrogens is 168 g/mol. The molecule has 1 aromatic rings. The molecule has 0 aliphatic heterocycles. The number of hydrogen-bond acceptors (Lipinski definition) is 0. The van der Waals surface area contributed by atoms with Crippen LogP contribution in [-0.2, 0) is 0 Å². The number of rotatable bonds is 1. The molecule has 0 bridgehead atoms. The van der Waals surface area contributed by atoms with Gasteiger partial charge in [0.25, 0.3) is 0 Å². The molecule has 0 spiro atoms. The Hall–Kier alpha value is -1.22. The quantitative estimate of drug-likeness (QED) is 0.587. The summed E-state index contributed by atoms with van der Waals surface area (Å²) in [5.74, 6) is 7.07. The lowest BCUT2D eigenvalue weighted by Crippen LogP contribution is -1.84. The maximum atomic E-state index is 3.21. The third-order valence-corrected chi connectivity index (χ3v) is 1.96. The van der Waals surface area contributed by atoms with Crippen LogP contribution in [0.5, 0.6) is 0 Å². The van der Waals surface area contributed by atoms with E-state index in [0.717, 1.165) is 12.0 Å². The van der Waals surface area contributed by atoms with E-state index in [1.807, 2.05) is 0 Å². The molecule has 0 atom stereocenters. The Bertz CT molecular complexity index is 341. The fourth-order valence-corrected chi connectivity index (χ4v) is 1.40. The average molecular weight is 186 g/mol. The van der Waals surface area contributed by atoms with Crippen molar-refractivity contribution in [3.63, 3.8) is 0 Å². The Morgan fingerprint density at radius 1 is 1.07 bits per heavy atom. The van der Waals surface area contributed by atoms with Crippen LogP contribution in [-0.4, -0.2) is 0 Å². The smallest absolute Gasteiger partial charge is 0.0250 e. The molecule has 0 aromatic heterocycles. The Morgan fingerprint density at radius 3 is 2.14 bits per heavy atom. The molecule has 0 saturated heterocycles. The topological polar surface area (TPSA) is 0 Å². The van der Waals surface area contributed by atoms with Gasteiger partial charge in [0.2, 0.25) is 0 Å². The van der Waals surface area contributed by atoms with Crippen LogP contribution in [0, 0.1) is 31.6 Å². The second kappa shape index (κ2) is 4.86. The third kappa shape index (κ3) is 3.66. The first-order chi connectivity index (χ1) is 6.58. The van der Waals surface area contributed by atoms with Crippen LogP contribution >= 0.6 is 0 Å². The van der Waals surface area contributed by atoms with Gasteiger partial charge in [-0.2, -0.15) is 0 Å². The van der Waals surface area contributed by atoms with Crippen LogP contribution in [0.25, 0.3) is 0 Å². The molecule has 0 unspecified atom stereocenters. The van der Waals surface area contributed by atoms with Crippen molar-refractivity contribution in [1.82, 2.24) is 0 Å². The van der Waals surface area contributed by atoms with Crippen LogP contribution in [0.15, 0.2) is 18.2 Å². The average Bonchev–Trinajstić information content (AvgIpc) is 2.01. The van der Waals surface area contributed by atoms with Gasteiger partial charge in [0.05, 0.1) is 0 Å². The Balaban J connectivity index is 2.79. The van der Waals surface area contributed by atoms with E-state index in [1.54, 1.807) is 0 Å². The van der Waals surface area contributed by atoms with E-state index in [-0.39, 0.29) is 0 Å². The highest BCUT2D eigenvalue weighted by Gasteiger charge is 1.92. The second-order valence-corrected chi connectivity index (χ2v) is 4.28. The summed E-state index contributed by atoms with van der Waals surface area (Å²) in [6, 6.07) is 6.45. The summed E-state index contributed by atoms with van der Waals surface area (Å²) in [6.45, 7) is 8.60. The van der Waals surface area contributed by atoms with Crippen molar-refractivity contribution in [3.8, 4) is 11.8 Å². The first-order valence-electron chi connectivity index (χ1n) is 5.15. The lowest BCUT2D eigenvalue weighted by atomic mass is 10.1. The van der Waals surface area contributed by atoms with Gasteiger partial charge in [-0.3, -0.25) is 0 Å². The van der Waals surface area contributed by atoms with Crippen LogP contribution in [0.1, 0.15) is 37.0 Å². The van der Waals surface area contributed by atoms with Crippen LogP contribution in [0.4, 0.5) is 0 Å². The highest BCUT2D eigenvalue weighted by molar-refractivity contribution is 5.39. The van der Waals surface area contributed by atoms with Crippen molar-refractivity contribution in [3.05, 3.63) is 34.9 Å². The Kier molecular flexibility index (Phi) is 3.77. The van der Waals surface area contributed by atoms with Gasteiger partial charge in [-0.05, 0) is 43.0 Å². The highest BCUT2D eigenvalue weighted by Crippen LogP contribution is 2.07. The molecule has 0 aliphatic carbocycles. The molecule has 74 valence electrons. The van der Waals surface area contributed by atoms with Gasteiger partial charge in [-0.15, -0.1) is 0 Å². The van der Waals surface area contributed by atoms with E-state index in [2.05, 4.69) is 57.7 Å². The number of aryl methyl sites for hydroxylation is 2. The number of benzene rings is 1. The monoisotopic (exact) mass is 186 g/mol. The maximum absolute atomic E-state index is 3.21. The maximum Gasteiger partial charge on any atom is 0.0250 e. The summed E-state index contributed by atoms with van der Waals surface area (Å²) in [5.41, 5.74) is 3.72. The lowest BCUT2D eigenvalue weighted by molar-refractivity contribution is 0.676. The Labute approximate surface area is 87.4 Å². The minimum Gasteiger partial charge on any atom is -0.0976 e. The standard InChI is InChI=1S/C14H18/c1-11(2)6-5-7-14-9-12(3)8-13(4)10-14/h8-11H,6H2,1-4H3. The normalized spacial score (nSPS) is 9.79. The molecule has 0 aliphatic rings. The molecule has 0 heterocycles. The molecule has 0 saturated carbocycles. The SMILES string of the molecule is Cc1cc(C)cc(C#CCC(C)C)c1. The Morgan fingerprint density at radius 2 is 1.64 bits per heavy atom. The molecule has 14 heavy (non-hydrogen) atoms. The summed E-state index contributed by atoms with van der Waals surface area (Å²) in [7, 11) is 0. The lowest BCUT2D eigenvalue weighted by Gasteiger charge is -1.98. The number of hydrogen-bond donors (Lipinski definition) is 0. The van der Waals surface area contributed by atoms with Gasteiger partial charge < -0.3 is 0 Å². The van der Waals surface area contributed by atoms with Crippen molar-refractivity contribution in [1.29, 1.82) is 0 Å². The van der Waals surface area contributed by atoms with Gasteiger partial charge in [-0.1, -0.05) is 31.8 Å². The van der Waals surface area contributed by atoms with E-state index in [0.29, 0.717) is 5.92 Å². The van der Waals surface area contributed by atoms with Gasteiger partial charge in [0.15, 0.2) is 0 Å². The van der Waals surface area contributed by atoms with E-state index >= 15 is 0 Å². The fraction of sp³-hybridized carbons (Fsp3) is 0.429.